The fraction of sp³-hybridized carbons (Fsp3) is 0.846. The molecule has 0 aromatic heterocycles. The van der Waals surface area contributed by atoms with E-state index in [9.17, 15) is 9.59 Å². The fourth-order valence-electron chi connectivity index (χ4n) is 1.46. The summed E-state index contributed by atoms with van der Waals surface area (Å²) in [5.41, 5.74) is 0. The molecule has 0 aliphatic heterocycles. The number of rotatable bonds is 13. The molecule has 0 saturated heterocycles. The Kier molecular flexibility index (Phi) is 20.7. The van der Waals surface area contributed by atoms with Crippen LogP contribution in [0.25, 0.3) is 0 Å². The minimum absolute atomic E-state index is 0. The van der Waals surface area contributed by atoms with Gasteiger partial charge in [0, 0.05) is 13.0 Å². The molecule has 0 aliphatic carbocycles. The number of carbonyl (C=O) groups is 1. The Hall–Kier alpha value is 0.736. The van der Waals surface area contributed by atoms with Gasteiger partial charge in [0.05, 0.1) is 0 Å². The van der Waals surface area contributed by atoms with Crippen molar-refractivity contribution >= 4 is 12.2 Å². The minimum atomic E-state index is 0. The molecule has 0 fully saturated rings. The molecule has 0 radical (unpaired) electrons. The van der Waals surface area contributed by atoms with E-state index in [1.165, 1.54) is 12.8 Å². The van der Waals surface area contributed by atoms with E-state index in [1.54, 1.807) is 6.41 Å². The van der Waals surface area contributed by atoms with Crippen molar-refractivity contribution in [2.24, 2.45) is 0 Å². The summed E-state index contributed by atoms with van der Waals surface area (Å²) in [5, 5.41) is 2.53. The Morgan fingerprint density at radius 2 is 1.72 bits per heavy atom. The van der Waals surface area contributed by atoms with Crippen LogP contribution >= 0.6 is 0 Å². The zero-order valence-electron chi connectivity index (χ0n) is 11.8. The van der Waals surface area contributed by atoms with Gasteiger partial charge in [0.25, 0.3) is 0 Å². The van der Waals surface area contributed by atoms with Gasteiger partial charge in [-0.2, -0.15) is 6.41 Å². The second-order valence-electron chi connectivity index (χ2n) is 4.09. The smallest absolute Gasteiger partial charge is 0.530 e. The summed E-state index contributed by atoms with van der Waals surface area (Å²) in [6.07, 6.45) is 8.94. The third-order valence-corrected chi connectivity index (χ3v) is 2.57. The Morgan fingerprint density at radius 3 is 2.33 bits per heavy atom. The molecule has 0 atom stereocenters. The van der Waals surface area contributed by atoms with Crippen molar-refractivity contribution in [2.45, 2.75) is 51.9 Å². The zero-order chi connectivity index (χ0) is 12.8. The molecule has 0 aromatic rings. The van der Waals surface area contributed by atoms with Crippen LogP contribution in [-0.4, -0.2) is 32.0 Å². The molecule has 100 valence electrons. The van der Waals surface area contributed by atoms with Crippen molar-refractivity contribution in [1.29, 1.82) is 0 Å². The average Bonchev–Trinajstić information content (AvgIpc) is 2.35. The minimum Gasteiger partial charge on any atom is -0.530 e. The molecule has 0 saturated carbocycles. The number of amides is 1. The van der Waals surface area contributed by atoms with E-state index < -0.39 is 0 Å². The molecule has 0 heterocycles. The summed E-state index contributed by atoms with van der Waals surface area (Å²) >= 11 is 0. The van der Waals surface area contributed by atoms with E-state index in [1.807, 2.05) is 6.92 Å². The molecule has 0 unspecified atom stereocenters. The van der Waals surface area contributed by atoms with Gasteiger partial charge in [0.2, 0.25) is 0 Å². The first-order valence-corrected chi connectivity index (χ1v) is 6.50. The van der Waals surface area contributed by atoms with Crippen molar-refractivity contribution in [3.05, 3.63) is 0 Å². The van der Waals surface area contributed by atoms with Gasteiger partial charge in [-0.3, -0.25) is 4.79 Å². The van der Waals surface area contributed by atoms with E-state index in [0.29, 0.717) is 13.0 Å². The first-order valence-electron chi connectivity index (χ1n) is 6.50. The van der Waals surface area contributed by atoms with Gasteiger partial charge in [-0.25, -0.2) is 0 Å². The molecule has 0 bridgehead atoms. The summed E-state index contributed by atoms with van der Waals surface area (Å²) in [5.74, 6) is 0.171. The summed E-state index contributed by atoms with van der Waals surface area (Å²) in [4.78, 5) is 20.8. The van der Waals surface area contributed by atoms with Gasteiger partial charge in [-0.1, -0.05) is 32.6 Å². The Bertz CT molecular complexity index is 201. The summed E-state index contributed by atoms with van der Waals surface area (Å²) < 4.78 is 5.24. The van der Waals surface area contributed by atoms with Gasteiger partial charge in [-0.15, -0.1) is 0 Å². The summed E-state index contributed by atoms with van der Waals surface area (Å²) in [7, 11) is 0. The van der Waals surface area contributed by atoms with Gasteiger partial charge in [0.15, 0.2) is 5.78 Å². The van der Waals surface area contributed by atoms with Gasteiger partial charge < -0.3 is 14.8 Å². The number of hydrogen-bond donors (Lipinski definition) is 1. The maximum atomic E-state index is 10.9. The molecule has 0 aliphatic rings. The number of carbonyl (C=O) groups excluding carboxylic acids is 2. The van der Waals surface area contributed by atoms with Gasteiger partial charge in [-0.05, 0) is 19.4 Å². The molecule has 5 heteroatoms. The van der Waals surface area contributed by atoms with Crippen LogP contribution in [0.1, 0.15) is 51.9 Å². The van der Waals surface area contributed by atoms with Crippen molar-refractivity contribution in [2.75, 3.05) is 19.8 Å². The van der Waals surface area contributed by atoms with E-state index in [-0.39, 0.29) is 63.8 Å². The maximum Gasteiger partial charge on any atom is 1.00 e. The van der Waals surface area contributed by atoms with E-state index in [4.69, 9.17) is 4.74 Å². The number of Topliss-reactive ketones (excluding diaryl/α,β-unsaturated/α-hetero) is 1. The quantitative estimate of drug-likeness (QED) is 0.204. The van der Waals surface area contributed by atoms with Crippen LogP contribution in [0.3, 0.4) is 0 Å². The summed E-state index contributed by atoms with van der Waals surface area (Å²) in [6.45, 7) is 3.53. The van der Waals surface area contributed by atoms with Crippen molar-refractivity contribution in [1.82, 2.24) is 5.32 Å². The monoisotopic (exact) mass is 281 g/mol. The third kappa shape index (κ3) is 16.7. The largest absolute Gasteiger partial charge is 1.00 e. The normalized spacial score (nSPS) is 9.61. The predicted molar refractivity (Wildman–Crippen MR) is 67.5 cm³/mol. The Morgan fingerprint density at radius 1 is 1.11 bits per heavy atom. The number of nitrogens with one attached hydrogen (secondary N) is 1. The zero-order valence-corrected chi connectivity index (χ0v) is 14.9. The van der Waals surface area contributed by atoms with Crippen LogP contribution in [0.4, 0.5) is 0 Å². The summed E-state index contributed by atoms with van der Waals surface area (Å²) in [6, 6.07) is 0. The Balaban J connectivity index is 0. The maximum absolute atomic E-state index is 10.9. The van der Waals surface area contributed by atoms with Crippen LogP contribution < -0.4 is 56.7 Å². The average molecular weight is 281 g/mol. The van der Waals surface area contributed by atoms with Crippen molar-refractivity contribution in [3.8, 4) is 0 Å². The van der Waals surface area contributed by atoms with Crippen LogP contribution in [0, 0.1) is 0 Å². The van der Waals surface area contributed by atoms with Crippen molar-refractivity contribution < 1.29 is 65.7 Å². The van der Waals surface area contributed by atoms with Crippen LogP contribution in [-0.2, 0) is 14.3 Å². The second-order valence-corrected chi connectivity index (χ2v) is 4.09. The third-order valence-electron chi connectivity index (χ3n) is 2.57. The standard InChI is InChI=1S/C13H24NO3.K/c1-2-13(16)11-17-10-8-6-4-3-5-7-9-14-12-15;/h2-11H2,1H3,(H,14,15);/q-1;+1. The molecular weight excluding hydrogens is 257 g/mol. The number of ketones is 1. The molecule has 0 spiro atoms. The molecule has 1 amide bonds. The van der Waals surface area contributed by atoms with Crippen LogP contribution in [0.2, 0.25) is 0 Å². The molecule has 18 heavy (non-hydrogen) atoms. The number of unbranched alkanes of at least 4 members (excludes halogenated alkanes) is 5. The molecule has 1 N–H and O–H groups in total. The van der Waals surface area contributed by atoms with E-state index in [0.717, 1.165) is 32.2 Å². The molecule has 0 rings (SSSR count). The van der Waals surface area contributed by atoms with Gasteiger partial charge >= 0.3 is 51.4 Å². The number of ether oxygens (including phenoxy) is 1. The topological polar surface area (TPSA) is 55.4 Å². The number of hydrogen-bond acceptors (Lipinski definition) is 3. The van der Waals surface area contributed by atoms with Crippen molar-refractivity contribution in [3.63, 3.8) is 0 Å². The SMILES string of the molecule is CCC(=O)COCCCCCCCCN[C-]=O.[K+]. The molecule has 0 aromatic carbocycles. The van der Waals surface area contributed by atoms with E-state index >= 15 is 0 Å². The second kappa shape index (κ2) is 17.7. The van der Waals surface area contributed by atoms with Crippen LogP contribution in [0.5, 0.6) is 0 Å². The fourth-order valence-corrected chi connectivity index (χ4v) is 1.46. The first-order chi connectivity index (χ1) is 8.31. The molecule has 4 nitrogen and oxygen atoms in total. The van der Waals surface area contributed by atoms with E-state index in [2.05, 4.69) is 5.32 Å². The predicted octanol–water partition coefficient (Wildman–Crippen LogP) is -1.02. The molecular formula is C13H24KNO3. The Labute approximate surface area is 153 Å². The first kappa shape index (κ1) is 21.0. The van der Waals surface area contributed by atoms with Crippen LogP contribution in [0.15, 0.2) is 0 Å². The van der Waals surface area contributed by atoms with Gasteiger partial charge in [0.1, 0.15) is 6.61 Å².